The van der Waals surface area contributed by atoms with E-state index in [1.54, 1.807) is 30.0 Å². The third kappa shape index (κ3) is 5.56. The summed E-state index contributed by atoms with van der Waals surface area (Å²) >= 11 is 0. The SMILES string of the molecule is Cc1ccccc1C(=O)NCC(=O)N1CCCN(CC(=O)N(C)C)CC1. The van der Waals surface area contributed by atoms with Gasteiger partial charge in [0.25, 0.3) is 5.91 Å². The highest BCUT2D eigenvalue weighted by Gasteiger charge is 2.21. The normalized spacial score (nSPS) is 15.3. The highest BCUT2D eigenvalue weighted by molar-refractivity contribution is 5.97. The molecule has 7 nitrogen and oxygen atoms in total. The Morgan fingerprint density at radius 1 is 1.08 bits per heavy atom. The largest absolute Gasteiger partial charge is 0.348 e. The third-order valence-corrected chi connectivity index (χ3v) is 4.59. The van der Waals surface area contributed by atoms with E-state index in [1.165, 1.54) is 0 Å². The molecule has 1 heterocycles. The molecule has 0 radical (unpaired) electrons. The van der Waals surface area contributed by atoms with Crippen molar-refractivity contribution in [3.05, 3.63) is 35.4 Å². The van der Waals surface area contributed by atoms with Crippen molar-refractivity contribution >= 4 is 17.7 Å². The van der Waals surface area contributed by atoms with E-state index < -0.39 is 0 Å². The van der Waals surface area contributed by atoms with Gasteiger partial charge in [0.1, 0.15) is 0 Å². The van der Waals surface area contributed by atoms with Crippen LogP contribution in [-0.4, -0.2) is 85.8 Å². The standard InChI is InChI=1S/C19H28N4O3/c1-15-7-4-5-8-16(15)19(26)20-13-17(24)23-10-6-9-22(11-12-23)14-18(25)21(2)3/h4-5,7-8H,6,9-14H2,1-3H3,(H,20,26). The highest BCUT2D eigenvalue weighted by atomic mass is 16.2. The Morgan fingerprint density at radius 2 is 1.81 bits per heavy atom. The zero-order valence-corrected chi connectivity index (χ0v) is 15.8. The van der Waals surface area contributed by atoms with Gasteiger partial charge in [-0.1, -0.05) is 18.2 Å². The minimum Gasteiger partial charge on any atom is -0.348 e. The van der Waals surface area contributed by atoms with Crippen LogP contribution in [0.3, 0.4) is 0 Å². The second-order valence-electron chi connectivity index (χ2n) is 6.80. The van der Waals surface area contributed by atoms with E-state index in [2.05, 4.69) is 10.2 Å². The number of hydrogen-bond acceptors (Lipinski definition) is 4. The average molecular weight is 360 g/mol. The van der Waals surface area contributed by atoms with Crippen molar-refractivity contribution in [1.82, 2.24) is 20.0 Å². The van der Waals surface area contributed by atoms with E-state index in [9.17, 15) is 14.4 Å². The van der Waals surface area contributed by atoms with Crippen LogP contribution in [-0.2, 0) is 9.59 Å². The predicted octanol–water partition coefficient (Wildman–Crippen LogP) is 0.347. The lowest BCUT2D eigenvalue weighted by molar-refractivity contribution is -0.130. The Balaban J connectivity index is 1.82. The van der Waals surface area contributed by atoms with Gasteiger partial charge in [-0.15, -0.1) is 0 Å². The number of carbonyl (C=O) groups excluding carboxylic acids is 3. The van der Waals surface area contributed by atoms with Gasteiger partial charge in [-0.25, -0.2) is 0 Å². The summed E-state index contributed by atoms with van der Waals surface area (Å²) in [7, 11) is 3.49. The number of nitrogens with zero attached hydrogens (tertiary/aromatic N) is 3. The Labute approximate surface area is 154 Å². The molecule has 1 N–H and O–H groups in total. The molecule has 1 fully saturated rings. The van der Waals surface area contributed by atoms with E-state index in [-0.39, 0.29) is 24.3 Å². The molecule has 7 heteroatoms. The minimum atomic E-state index is -0.232. The predicted molar refractivity (Wildman–Crippen MR) is 99.8 cm³/mol. The second-order valence-corrected chi connectivity index (χ2v) is 6.80. The first-order valence-corrected chi connectivity index (χ1v) is 8.92. The molecular formula is C19H28N4O3. The Hall–Kier alpha value is -2.41. The molecule has 142 valence electrons. The topological polar surface area (TPSA) is 73.0 Å². The fourth-order valence-electron chi connectivity index (χ4n) is 2.90. The number of rotatable bonds is 5. The van der Waals surface area contributed by atoms with Gasteiger partial charge in [-0.2, -0.15) is 0 Å². The van der Waals surface area contributed by atoms with Crippen LogP contribution in [0.4, 0.5) is 0 Å². The van der Waals surface area contributed by atoms with Gasteiger partial charge in [-0.3, -0.25) is 19.3 Å². The molecule has 3 amide bonds. The molecule has 0 saturated carbocycles. The molecule has 1 aromatic carbocycles. The van der Waals surface area contributed by atoms with Crippen molar-refractivity contribution in [1.29, 1.82) is 0 Å². The molecule has 0 unspecified atom stereocenters. The van der Waals surface area contributed by atoms with E-state index in [1.807, 2.05) is 25.1 Å². The smallest absolute Gasteiger partial charge is 0.251 e. The summed E-state index contributed by atoms with van der Waals surface area (Å²) in [5, 5.41) is 2.71. The van der Waals surface area contributed by atoms with Crippen molar-refractivity contribution in [2.24, 2.45) is 0 Å². The van der Waals surface area contributed by atoms with Crippen LogP contribution >= 0.6 is 0 Å². The van der Waals surface area contributed by atoms with Crippen molar-refractivity contribution in [3.8, 4) is 0 Å². The Bertz CT molecular complexity index is 660. The Morgan fingerprint density at radius 3 is 2.50 bits per heavy atom. The van der Waals surface area contributed by atoms with E-state index >= 15 is 0 Å². The van der Waals surface area contributed by atoms with Crippen molar-refractivity contribution < 1.29 is 14.4 Å². The van der Waals surface area contributed by atoms with Crippen LogP contribution in [0.5, 0.6) is 0 Å². The van der Waals surface area contributed by atoms with Crippen LogP contribution in [0.1, 0.15) is 22.3 Å². The first-order valence-electron chi connectivity index (χ1n) is 8.92. The van der Waals surface area contributed by atoms with Crippen LogP contribution in [0.15, 0.2) is 24.3 Å². The molecule has 1 saturated heterocycles. The van der Waals surface area contributed by atoms with Crippen molar-refractivity contribution in [3.63, 3.8) is 0 Å². The summed E-state index contributed by atoms with van der Waals surface area (Å²) < 4.78 is 0. The number of nitrogens with one attached hydrogen (secondary N) is 1. The van der Waals surface area contributed by atoms with Gasteiger partial charge in [0.05, 0.1) is 13.1 Å². The fraction of sp³-hybridized carbons (Fsp3) is 0.526. The minimum absolute atomic E-state index is 0.0101. The average Bonchev–Trinajstić information content (AvgIpc) is 2.85. The van der Waals surface area contributed by atoms with Gasteiger partial charge >= 0.3 is 0 Å². The lowest BCUT2D eigenvalue weighted by Crippen LogP contribution is -2.43. The quantitative estimate of drug-likeness (QED) is 0.822. The summed E-state index contributed by atoms with van der Waals surface area (Å²) in [5.41, 5.74) is 1.47. The first kappa shape index (κ1) is 19.9. The van der Waals surface area contributed by atoms with E-state index in [4.69, 9.17) is 0 Å². The number of carbonyl (C=O) groups is 3. The molecule has 0 aliphatic carbocycles. The maximum Gasteiger partial charge on any atom is 0.251 e. The molecule has 0 atom stereocenters. The van der Waals surface area contributed by atoms with Gasteiger partial charge in [0.2, 0.25) is 11.8 Å². The molecule has 26 heavy (non-hydrogen) atoms. The number of hydrogen-bond donors (Lipinski definition) is 1. The number of amides is 3. The third-order valence-electron chi connectivity index (χ3n) is 4.59. The zero-order valence-electron chi connectivity index (χ0n) is 15.8. The molecular weight excluding hydrogens is 332 g/mol. The van der Waals surface area contributed by atoms with Gasteiger partial charge in [-0.05, 0) is 25.0 Å². The van der Waals surface area contributed by atoms with Crippen molar-refractivity contribution in [2.45, 2.75) is 13.3 Å². The van der Waals surface area contributed by atoms with Gasteiger partial charge in [0, 0.05) is 45.8 Å². The highest BCUT2D eigenvalue weighted by Crippen LogP contribution is 2.07. The number of benzene rings is 1. The monoisotopic (exact) mass is 360 g/mol. The summed E-state index contributed by atoms with van der Waals surface area (Å²) in [4.78, 5) is 41.9. The molecule has 0 aromatic heterocycles. The summed E-state index contributed by atoms with van der Waals surface area (Å²) in [6.45, 7) is 4.90. The van der Waals surface area contributed by atoms with E-state index in [0.717, 1.165) is 18.5 Å². The van der Waals surface area contributed by atoms with E-state index in [0.29, 0.717) is 31.7 Å². The molecule has 0 spiro atoms. The molecule has 1 aromatic rings. The molecule has 1 aliphatic heterocycles. The number of likely N-dealkylation sites (N-methyl/N-ethyl adjacent to an activating group) is 1. The maximum atomic E-state index is 12.4. The summed E-state index contributed by atoms with van der Waals surface area (Å²) in [6.07, 6.45) is 0.818. The number of aryl methyl sites for hydroxylation is 1. The lowest BCUT2D eigenvalue weighted by atomic mass is 10.1. The molecule has 1 aliphatic rings. The summed E-state index contributed by atoms with van der Waals surface area (Å²) in [5.74, 6) is -0.257. The lowest BCUT2D eigenvalue weighted by Gasteiger charge is -2.23. The van der Waals surface area contributed by atoms with Crippen LogP contribution < -0.4 is 5.32 Å². The molecule has 0 bridgehead atoms. The van der Waals surface area contributed by atoms with Gasteiger partial charge < -0.3 is 15.1 Å². The fourth-order valence-corrected chi connectivity index (χ4v) is 2.90. The van der Waals surface area contributed by atoms with Crippen LogP contribution in [0.2, 0.25) is 0 Å². The van der Waals surface area contributed by atoms with Gasteiger partial charge in [0.15, 0.2) is 0 Å². The van der Waals surface area contributed by atoms with Crippen LogP contribution in [0, 0.1) is 6.92 Å². The Kier molecular flexibility index (Phi) is 7.15. The summed E-state index contributed by atoms with van der Waals surface area (Å²) in [6, 6.07) is 7.30. The maximum absolute atomic E-state index is 12.4. The van der Waals surface area contributed by atoms with Crippen LogP contribution in [0.25, 0.3) is 0 Å². The zero-order chi connectivity index (χ0) is 19.1. The second kappa shape index (κ2) is 9.33. The molecule has 2 rings (SSSR count). The van der Waals surface area contributed by atoms with Crippen molar-refractivity contribution in [2.75, 3.05) is 53.4 Å². The first-order chi connectivity index (χ1) is 12.4.